The van der Waals surface area contributed by atoms with E-state index < -0.39 is 17.6 Å². The van der Waals surface area contributed by atoms with Gasteiger partial charge in [0.2, 0.25) is 0 Å². The summed E-state index contributed by atoms with van der Waals surface area (Å²) in [5, 5.41) is 8.41. The number of amides is 1. The molecular formula is C11H7BrF3N3O. The summed E-state index contributed by atoms with van der Waals surface area (Å²) in [6.07, 6.45) is -1.84. The van der Waals surface area contributed by atoms with Crippen LogP contribution in [0.1, 0.15) is 15.9 Å². The number of nitrogens with one attached hydrogen (secondary N) is 2. The Labute approximate surface area is 114 Å². The summed E-state index contributed by atoms with van der Waals surface area (Å²) in [5.41, 5.74) is -0.566. The van der Waals surface area contributed by atoms with E-state index in [0.717, 1.165) is 12.1 Å². The number of rotatable bonds is 2. The molecule has 0 fully saturated rings. The lowest BCUT2D eigenvalue weighted by Gasteiger charge is -2.11. The Hall–Kier alpha value is -1.83. The summed E-state index contributed by atoms with van der Waals surface area (Å²) >= 11 is 3.08. The van der Waals surface area contributed by atoms with E-state index in [1.54, 1.807) is 0 Å². The van der Waals surface area contributed by atoms with Crippen LogP contribution in [0, 0.1) is 0 Å². The summed E-state index contributed by atoms with van der Waals surface area (Å²) in [6.45, 7) is 0. The molecule has 2 rings (SSSR count). The third-order valence-corrected chi connectivity index (χ3v) is 2.99. The van der Waals surface area contributed by atoms with Gasteiger partial charge in [0, 0.05) is 10.7 Å². The normalized spacial score (nSPS) is 11.4. The minimum atomic E-state index is -4.46. The van der Waals surface area contributed by atoms with Gasteiger partial charge in [-0.05, 0) is 34.1 Å². The first-order valence-electron chi connectivity index (χ1n) is 5.05. The van der Waals surface area contributed by atoms with Crippen LogP contribution in [0.3, 0.4) is 0 Å². The molecule has 100 valence electrons. The Morgan fingerprint density at radius 2 is 2.11 bits per heavy atom. The van der Waals surface area contributed by atoms with Gasteiger partial charge in [-0.2, -0.15) is 18.3 Å². The van der Waals surface area contributed by atoms with Crippen molar-refractivity contribution in [1.82, 2.24) is 10.2 Å². The zero-order chi connectivity index (χ0) is 14.0. The first-order valence-corrected chi connectivity index (χ1v) is 5.84. The highest BCUT2D eigenvalue weighted by Gasteiger charge is 2.31. The van der Waals surface area contributed by atoms with E-state index >= 15 is 0 Å². The molecule has 1 aromatic carbocycles. The number of benzene rings is 1. The monoisotopic (exact) mass is 333 g/mol. The zero-order valence-electron chi connectivity index (χ0n) is 9.25. The number of aromatic nitrogens is 2. The Bertz CT molecular complexity index is 596. The quantitative estimate of drug-likeness (QED) is 0.884. The summed E-state index contributed by atoms with van der Waals surface area (Å²) in [6, 6.07) is 3.02. The largest absolute Gasteiger partial charge is 0.416 e. The van der Waals surface area contributed by atoms with Gasteiger partial charge in [0.15, 0.2) is 0 Å². The van der Waals surface area contributed by atoms with Crippen molar-refractivity contribution >= 4 is 27.5 Å². The van der Waals surface area contributed by atoms with Gasteiger partial charge in [-0.3, -0.25) is 9.89 Å². The molecule has 0 aliphatic carbocycles. The van der Waals surface area contributed by atoms with E-state index in [-0.39, 0.29) is 11.3 Å². The minimum Gasteiger partial charge on any atom is -0.321 e. The fourth-order valence-electron chi connectivity index (χ4n) is 1.37. The molecule has 0 aliphatic heterocycles. The van der Waals surface area contributed by atoms with Crippen molar-refractivity contribution in [3.05, 3.63) is 46.2 Å². The van der Waals surface area contributed by atoms with E-state index in [2.05, 4.69) is 31.4 Å². The first-order chi connectivity index (χ1) is 8.88. The van der Waals surface area contributed by atoms with Crippen LogP contribution in [0.2, 0.25) is 0 Å². The van der Waals surface area contributed by atoms with Gasteiger partial charge in [-0.1, -0.05) is 0 Å². The SMILES string of the molecule is O=C(Nc1cc(C(F)(F)F)ccc1Br)c1cn[nH]c1. The van der Waals surface area contributed by atoms with E-state index in [9.17, 15) is 18.0 Å². The summed E-state index contributed by atoms with van der Waals surface area (Å²) < 4.78 is 38.1. The van der Waals surface area contributed by atoms with Crippen LogP contribution in [-0.4, -0.2) is 16.1 Å². The highest BCUT2D eigenvalue weighted by molar-refractivity contribution is 9.10. The maximum atomic E-state index is 12.6. The molecule has 19 heavy (non-hydrogen) atoms. The molecule has 0 saturated heterocycles. The van der Waals surface area contributed by atoms with E-state index in [1.165, 1.54) is 18.5 Å². The van der Waals surface area contributed by atoms with Crippen molar-refractivity contribution in [3.8, 4) is 0 Å². The summed E-state index contributed by atoms with van der Waals surface area (Å²) in [4.78, 5) is 11.7. The lowest BCUT2D eigenvalue weighted by atomic mass is 10.2. The van der Waals surface area contributed by atoms with Gasteiger partial charge in [0.1, 0.15) is 0 Å². The molecule has 1 heterocycles. The van der Waals surface area contributed by atoms with Crippen molar-refractivity contribution in [1.29, 1.82) is 0 Å². The number of anilines is 1. The molecule has 0 saturated carbocycles. The van der Waals surface area contributed by atoms with E-state index in [4.69, 9.17) is 0 Å². The highest BCUT2D eigenvalue weighted by Crippen LogP contribution is 2.34. The Kier molecular flexibility index (Phi) is 3.61. The number of H-pyrrole nitrogens is 1. The van der Waals surface area contributed by atoms with Crippen LogP contribution < -0.4 is 5.32 Å². The molecule has 0 spiro atoms. The molecule has 0 radical (unpaired) electrons. The van der Waals surface area contributed by atoms with E-state index in [1.807, 2.05) is 0 Å². The molecule has 4 nitrogen and oxygen atoms in total. The summed E-state index contributed by atoms with van der Waals surface area (Å²) in [5.74, 6) is -0.547. The Morgan fingerprint density at radius 3 is 2.68 bits per heavy atom. The number of nitrogens with zero attached hydrogens (tertiary/aromatic N) is 1. The third kappa shape index (κ3) is 3.14. The number of hydrogen-bond acceptors (Lipinski definition) is 2. The van der Waals surface area contributed by atoms with Gasteiger partial charge in [0.25, 0.3) is 5.91 Å². The zero-order valence-corrected chi connectivity index (χ0v) is 10.8. The fourth-order valence-corrected chi connectivity index (χ4v) is 1.71. The predicted octanol–water partition coefficient (Wildman–Crippen LogP) is 3.44. The molecule has 0 atom stereocenters. The summed E-state index contributed by atoms with van der Waals surface area (Å²) in [7, 11) is 0. The minimum absolute atomic E-state index is 0.0426. The number of alkyl halides is 3. The predicted molar refractivity (Wildman–Crippen MR) is 65.7 cm³/mol. The first kappa shape index (κ1) is 13.6. The van der Waals surface area contributed by atoms with Gasteiger partial charge in [0.05, 0.1) is 23.0 Å². The van der Waals surface area contributed by atoms with Crippen LogP contribution in [0.5, 0.6) is 0 Å². The molecule has 2 N–H and O–H groups in total. The van der Waals surface area contributed by atoms with Crippen molar-refractivity contribution in [2.75, 3.05) is 5.32 Å². The molecule has 1 aromatic heterocycles. The lowest BCUT2D eigenvalue weighted by molar-refractivity contribution is -0.137. The van der Waals surface area contributed by atoms with Crippen LogP contribution in [0.15, 0.2) is 35.1 Å². The number of halogens is 4. The molecule has 0 aliphatic rings. The highest BCUT2D eigenvalue weighted by atomic mass is 79.9. The van der Waals surface area contributed by atoms with Crippen molar-refractivity contribution in [2.24, 2.45) is 0 Å². The smallest absolute Gasteiger partial charge is 0.321 e. The standard InChI is InChI=1S/C11H7BrF3N3O/c12-8-2-1-7(11(13,14)15)3-9(8)18-10(19)6-4-16-17-5-6/h1-5H,(H,16,17)(H,18,19). The molecule has 0 bridgehead atoms. The van der Waals surface area contributed by atoms with Gasteiger partial charge in [-0.25, -0.2) is 0 Å². The van der Waals surface area contributed by atoms with Crippen molar-refractivity contribution < 1.29 is 18.0 Å². The maximum Gasteiger partial charge on any atom is 0.416 e. The van der Waals surface area contributed by atoms with Gasteiger partial charge in [-0.15, -0.1) is 0 Å². The lowest BCUT2D eigenvalue weighted by Crippen LogP contribution is -2.13. The molecule has 8 heteroatoms. The third-order valence-electron chi connectivity index (χ3n) is 2.30. The van der Waals surface area contributed by atoms with Gasteiger partial charge < -0.3 is 5.32 Å². The Morgan fingerprint density at radius 1 is 1.37 bits per heavy atom. The number of carbonyl (C=O) groups is 1. The molecular weight excluding hydrogens is 327 g/mol. The second-order valence-corrected chi connectivity index (χ2v) is 4.49. The van der Waals surface area contributed by atoms with Crippen LogP contribution in [0.25, 0.3) is 0 Å². The Balaban J connectivity index is 2.27. The van der Waals surface area contributed by atoms with Crippen molar-refractivity contribution in [2.45, 2.75) is 6.18 Å². The average molecular weight is 334 g/mol. The number of aromatic amines is 1. The fraction of sp³-hybridized carbons (Fsp3) is 0.0909. The second-order valence-electron chi connectivity index (χ2n) is 3.63. The number of carbonyl (C=O) groups excluding carboxylic acids is 1. The molecule has 1 amide bonds. The van der Waals surface area contributed by atoms with E-state index in [0.29, 0.717) is 4.47 Å². The van der Waals surface area contributed by atoms with Crippen LogP contribution >= 0.6 is 15.9 Å². The molecule has 2 aromatic rings. The van der Waals surface area contributed by atoms with Crippen LogP contribution in [0.4, 0.5) is 18.9 Å². The average Bonchev–Trinajstić information content (AvgIpc) is 2.84. The second kappa shape index (κ2) is 5.04. The topological polar surface area (TPSA) is 57.8 Å². The van der Waals surface area contributed by atoms with Crippen molar-refractivity contribution in [3.63, 3.8) is 0 Å². The van der Waals surface area contributed by atoms with Crippen LogP contribution in [-0.2, 0) is 6.18 Å². The maximum absolute atomic E-state index is 12.6. The van der Waals surface area contributed by atoms with Gasteiger partial charge >= 0.3 is 6.18 Å². The molecule has 0 unspecified atom stereocenters. The number of hydrogen-bond donors (Lipinski definition) is 2.